The molecule has 1 saturated carbocycles. The van der Waals surface area contributed by atoms with Crippen molar-refractivity contribution in [3.8, 4) is 0 Å². The number of benzene rings is 3. The van der Waals surface area contributed by atoms with E-state index in [2.05, 4.69) is 15.9 Å². The second-order valence-electron chi connectivity index (χ2n) is 11.1. The van der Waals surface area contributed by atoms with Crippen molar-refractivity contribution in [3.05, 3.63) is 85.1 Å². The molecule has 0 unspecified atom stereocenters. The molecule has 2 bridgehead atoms. The van der Waals surface area contributed by atoms with Crippen LogP contribution in [0.4, 0.5) is 0 Å². The molecule has 2 aromatic heterocycles. The van der Waals surface area contributed by atoms with Gasteiger partial charge in [0.2, 0.25) is 5.78 Å². The number of hydrogen-bond donors (Lipinski definition) is 0. The van der Waals surface area contributed by atoms with E-state index in [1.165, 1.54) is 0 Å². The number of carbonyl (C=O) groups excluding carboxylic acids is 2. The summed E-state index contributed by atoms with van der Waals surface area (Å²) in [4.78, 5) is 54.8. The Morgan fingerprint density at radius 2 is 1.49 bits per heavy atom. The molecule has 1 saturated heterocycles. The number of pyridine rings is 2. The first-order chi connectivity index (χ1) is 17.5. The minimum Gasteiger partial charge on any atom is -0.450 e. The Hall–Kier alpha value is -3.58. The van der Waals surface area contributed by atoms with Gasteiger partial charge in [0.1, 0.15) is 0 Å². The van der Waals surface area contributed by atoms with E-state index >= 15 is 0 Å². The lowest BCUT2D eigenvalue weighted by Crippen LogP contribution is -2.48. The molecule has 2 aliphatic rings. The van der Waals surface area contributed by atoms with Crippen molar-refractivity contribution in [2.24, 2.45) is 10.8 Å². The Kier molecular flexibility index (Phi) is 4.18. The Bertz CT molecular complexity index is 1990. The van der Waals surface area contributed by atoms with Gasteiger partial charge in [-0.05, 0) is 56.2 Å². The summed E-state index contributed by atoms with van der Waals surface area (Å²) in [6.45, 7) is 5.71. The second-order valence-corrected chi connectivity index (χ2v) is 12.0. The number of Topliss-reactive ketones (excluding diaryl/α,β-unsaturated/α-hetero) is 1. The first kappa shape index (κ1) is 22.6. The van der Waals surface area contributed by atoms with E-state index < -0.39 is 16.4 Å². The number of nitrogens with zero attached hydrogens (tertiary/aromatic N) is 1. The lowest BCUT2D eigenvalue weighted by Gasteiger charge is -2.35. The average Bonchev–Trinajstić information content (AvgIpc) is 3.18. The van der Waals surface area contributed by atoms with Crippen LogP contribution in [0.3, 0.4) is 0 Å². The van der Waals surface area contributed by atoms with Crippen LogP contribution >= 0.6 is 15.9 Å². The fraction of sp³-hybridized carbons (Fsp3) is 0.267. The van der Waals surface area contributed by atoms with Gasteiger partial charge in [0.15, 0.2) is 16.5 Å². The second kappa shape index (κ2) is 6.84. The van der Waals surface area contributed by atoms with Crippen LogP contribution in [0.25, 0.3) is 38.1 Å². The summed E-state index contributed by atoms with van der Waals surface area (Å²) in [6, 6.07) is 15.8. The number of hydrogen-bond acceptors (Lipinski definition) is 5. The zero-order valence-corrected chi connectivity index (χ0v) is 22.1. The molecule has 0 radical (unpaired) electrons. The molecular weight excluding hydrogens is 534 g/mol. The maximum atomic E-state index is 14.5. The molecule has 7 heteroatoms. The van der Waals surface area contributed by atoms with Crippen molar-refractivity contribution in [2.75, 3.05) is 0 Å². The van der Waals surface area contributed by atoms with Crippen LogP contribution in [-0.4, -0.2) is 21.8 Å². The standard InChI is InChI=1S/C30H22BrNO5/c1-28(2)29(3)11-12-30(28,37-27(29)36)26(35)18-9-6-8-17-22(18)32-21-10-5-4-7-16(21)24(33)19-13-15(31)14-20(23(19)32)25(17)34/h4-10,13-14H,11-12H2,1-3H3/t29-,30+/m0/s1. The minimum absolute atomic E-state index is 0.180. The van der Waals surface area contributed by atoms with Gasteiger partial charge < -0.3 is 9.14 Å². The Morgan fingerprint density at radius 1 is 0.838 bits per heavy atom. The van der Waals surface area contributed by atoms with Crippen molar-refractivity contribution < 1.29 is 14.3 Å². The van der Waals surface area contributed by atoms with Crippen molar-refractivity contribution in [2.45, 2.75) is 39.2 Å². The highest BCUT2D eigenvalue weighted by molar-refractivity contribution is 9.10. The zero-order valence-electron chi connectivity index (χ0n) is 20.5. The fourth-order valence-corrected chi connectivity index (χ4v) is 7.26. The lowest BCUT2D eigenvalue weighted by atomic mass is 9.64. The molecule has 37 heavy (non-hydrogen) atoms. The first-order valence-electron chi connectivity index (χ1n) is 12.3. The molecule has 3 heterocycles. The highest BCUT2D eigenvalue weighted by Gasteiger charge is 2.75. The number of carbonyl (C=O) groups is 2. The van der Waals surface area contributed by atoms with Crippen molar-refractivity contribution in [1.29, 1.82) is 0 Å². The maximum absolute atomic E-state index is 14.5. The summed E-state index contributed by atoms with van der Waals surface area (Å²) in [5, 5.41) is 1.64. The van der Waals surface area contributed by atoms with Crippen LogP contribution in [-0.2, 0) is 9.53 Å². The predicted molar refractivity (Wildman–Crippen MR) is 146 cm³/mol. The number of fused-ring (bicyclic) bond motifs is 6. The van der Waals surface area contributed by atoms with Gasteiger partial charge in [-0.25, -0.2) is 0 Å². The lowest BCUT2D eigenvalue weighted by molar-refractivity contribution is -0.156. The highest BCUT2D eigenvalue weighted by Crippen LogP contribution is 2.66. The topological polar surface area (TPSA) is 81.9 Å². The molecule has 0 spiro atoms. The summed E-state index contributed by atoms with van der Waals surface area (Å²) in [5.74, 6) is -0.669. The SMILES string of the molecule is CC1(C)[C@@]2(C)CC[C@]1(C(=O)c1cccc3c(=O)c4cc(Br)cc5c(=O)c6ccccc6n(c13)c54)OC2=O. The summed E-state index contributed by atoms with van der Waals surface area (Å²) < 4.78 is 8.42. The monoisotopic (exact) mass is 555 g/mol. The Balaban J connectivity index is 1.70. The normalized spacial score (nSPS) is 24.5. The van der Waals surface area contributed by atoms with Gasteiger partial charge in [-0.2, -0.15) is 0 Å². The predicted octanol–water partition coefficient (Wildman–Crippen LogP) is 5.62. The Labute approximate surface area is 219 Å². The molecule has 184 valence electrons. The number of rotatable bonds is 2. The van der Waals surface area contributed by atoms with Gasteiger partial charge in [-0.3, -0.25) is 19.2 Å². The van der Waals surface area contributed by atoms with Crippen LogP contribution in [0.1, 0.15) is 44.0 Å². The largest absolute Gasteiger partial charge is 0.450 e. The molecule has 3 aromatic carbocycles. The van der Waals surface area contributed by atoms with E-state index in [4.69, 9.17) is 4.74 Å². The molecule has 5 aromatic rings. The molecule has 0 amide bonds. The van der Waals surface area contributed by atoms with Crippen LogP contribution in [0.15, 0.2) is 68.7 Å². The van der Waals surface area contributed by atoms with Gasteiger partial charge in [-0.1, -0.05) is 48.0 Å². The van der Waals surface area contributed by atoms with E-state index in [9.17, 15) is 19.2 Å². The quantitative estimate of drug-likeness (QED) is 0.122. The number of para-hydroxylation sites is 2. The highest BCUT2D eigenvalue weighted by atomic mass is 79.9. The molecule has 1 aliphatic heterocycles. The summed E-state index contributed by atoms with van der Waals surface area (Å²) >= 11 is 3.46. The van der Waals surface area contributed by atoms with E-state index in [0.29, 0.717) is 61.0 Å². The van der Waals surface area contributed by atoms with Crippen molar-refractivity contribution in [1.82, 2.24) is 4.40 Å². The molecule has 1 aliphatic carbocycles. The third-order valence-corrected chi connectivity index (χ3v) is 9.83. The molecule has 7 rings (SSSR count). The minimum atomic E-state index is -1.33. The van der Waals surface area contributed by atoms with E-state index in [0.717, 1.165) is 0 Å². The van der Waals surface area contributed by atoms with Gasteiger partial charge >= 0.3 is 5.97 Å². The van der Waals surface area contributed by atoms with Gasteiger partial charge in [-0.15, -0.1) is 0 Å². The molecule has 2 atom stereocenters. The first-order valence-corrected chi connectivity index (χ1v) is 13.1. The summed E-state index contributed by atoms with van der Waals surface area (Å²) in [6.07, 6.45) is 0.975. The van der Waals surface area contributed by atoms with E-state index in [1.54, 1.807) is 42.5 Å². The average molecular weight is 556 g/mol. The molecule has 6 nitrogen and oxygen atoms in total. The van der Waals surface area contributed by atoms with Gasteiger partial charge in [0.05, 0.1) is 22.0 Å². The maximum Gasteiger partial charge on any atom is 0.313 e. The van der Waals surface area contributed by atoms with E-state index in [1.807, 2.05) is 37.3 Å². The van der Waals surface area contributed by atoms with Crippen molar-refractivity contribution >= 4 is 65.8 Å². The fourth-order valence-electron chi connectivity index (χ4n) is 6.81. The van der Waals surface area contributed by atoms with Crippen LogP contribution in [0.5, 0.6) is 0 Å². The van der Waals surface area contributed by atoms with Crippen molar-refractivity contribution in [3.63, 3.8) is 0 Å². The van der Waals surface area contributed by atoms with E-state index in [-0.39, 0.29) is 22.6 Å². The number of esters is 1. The molecule has 2 fully saturated rings. The number of ketones is 1. The van der Waals surface area contributed by atoms with Gasteiger partial charge in [0, 0.05) is 37.0 Å². The summed E-state index contributed by atoms with van der Waals surface area (Å²) in [7, 11) is 0. The van der Waals surface area contributed by atoms with Crippen LogP contribution in [0.2, 0.25) is 0 Å². The number of halogens is 1. The molecular formula is C30H22BrNO5. The zero-order chi connectivity index (χ0) is 26.1. The molecule has 0 N–H and O–H groups in total. The smallest absolute Gasteiger partial charge is 0.313 e. The van der Waals surface area contributed by atoms with Crippen LogP contribution < -0.4 is 10.9 Å². The van der Waals surface area contributed by atoms with Crippen LogP contribution in [0, 0.1) is 10.8 Å². The third-order valence-electron chi connectivity index (χ3n) is 9.38. The Morgan fingerprint density at radius 3 is 2.14 bits per heavy atom. The van der Waals surface area contributed by atoms with Gasteiger partial charge in [0.25, 0.3) is 0 Å². The number of ether oxygens (including phenoxy) is 1. The third kappa shape index (κ3) is 2.42. The number of aromatic nitrogens is 1. The summed E-state index contributed by atoms with van der Waals surface area (Å²) in [5.41, 5.74) is -1.46.